The molecule has 14 heteroatoms. The number of halogens is 1. The van der Waals surface area contributed by atoms with Crippen molar-refractivity contribution in [3.05, 3.63) is 85.4 Å². The largest absolute Gasteiger partial charge is 0.495 e. The number of benzene rings is 2. The fraction of sp³-hybridized carbons (Fsp3) is 0.459. The minimum absolute atomic E-state index is 0. The number of ether oxygens (including phenoxy) is 4. The number of aromatic nitrogens is 4. The van der Waals surface area contributed by atoms with Crippen molar-refractivity contribution in [3.63, 3.8) is 0 Å². The molecule has 2 aromatic heterocycles. The van der Waals surface area contributed by atoms with Crippen LogP contribution in [0.5, 0.6) is 0 Å². The number of carbonyl (C=O) groups is 2. The molecule has 3 heterocycles. The van der Waals surface area contributed by atoms with Crippen LogP contribution in [-0.2, 0) is 41.5 Å². The van der Waals surface area contributed by atoms with E-state index in [2.05, 4.69) is 42.5 Å². The van der Waals surface area contributed by atoms with Crippen molar-refractivity contribution in [1.82, 2.24) is 19.9 Å². The van der Waals surface area contributed by atoms with E-state index in [9.17, 15) is 9.59 Å². The van der Waals surface area contributed by atoms with Gasteiger partial charge in [0.2, 0.25) is 0 Å². The fourth-order valence-electron chi connectivity index (χ4n) is 5.15. The van der Waals surface area contributed by atoms with E-state index in [0.29, 0.717) is 24.3 Å². The normalized spacial score (nSPS) is 14.0. The number of hydrogen-bond donors (Lipinski definition) is 2. The predicted molar refractivity (Wildman–Crippen MR) is 207 cm³/mol. The third-order valence-corrected chi connectivity index (χ3v) is 9.13. The van der Waals surface area contributed by atoms with Crippen molar-refractivity contribution >= 4 is 47.1 Å². The maximum atomic E-state index is 11.9. The van der Waals surface area contributed by atoms with Crippen molar-refractivity contribution in [3.8, 4) is 11.3 Å². The molecule has 1 saturated heterocycles. The number of imidazole rings is 2. The van der Waals surface area contributed by atoms with Crippen LogP contribution in [0.4, 0.5) is 0 Å². The quantitative estimate of drug-likeness (QED) is 0.110. The van der Waals surface area contributed by atoms with Crippen LogP contribution in [-0.4, -0.2) is 78.6 Å². The Morgan fingerprint density at radius 3 is 1.67 bits per heavy atom. The molecule has 0 atom stereocenters. The molecular formula is C37H52BIN4O8. The van der Waals surface area contributed by atoms with Gasteiger partial charge in [0.25, 0.3) is 0 Å². The number of nitrogens with one attached hydrogen (secondary N) is 2. The van der Waals surface area contributed by atoms with E-state index in [1.165, 1.54) is 14.2 Å². The summed E-state index contributed by atoms with van der Waals surface area (Å²) in [4.78, 5) is 38.1. The number of H-pyrrole nitrogens is 2. The molecule has 1 aliphatic rings. The number of nitrogens with zero attached hydrogens (tertiary/aromatic N) is 2. The Bertz CT molecular complexity index is 1770. The Morgan fingerprint density at radius 2 is 1.20 bits per heavy atom. The Hall–Kier alpha value is -3.57. The molecule has 0 unspecified atom stereocenters. The molecule has 0 saturated carbocycles. The summed E-state index contributed by atoms with van der Waals surface area (Å²) in [6.45, 7) is 16.8. The second-order valence-electron chi connectivity index (χ2n) is 12.9. The lowest BCUT2D eigenvalue weighted by molar-refractivity contribution is 0.00578. The molecule has 2 aromatic carbocycles. The van der Waals surface area contributed by atoms with Gasteiger partial charge in [-0.25, -0.2) is 19.6 Å². The zero-order valence-corrected chi connectivity index (χ0v) is 33.2. The van der Waals surface area contributed by atoms with Gasteiger partial charge < -0.3 is 38.2 Å². The van der Waals surface area contributed by atoms with Gasteiger partial charge in [0.05, 0.1) is 58.3 Å². The maximum Gasteiger partial charge on any atom is 0.495 e. The zero-order chi connectivity index (χ0) is 37.4. The topological polar surface area (TPSA) is 147 Å². The van der Waals surface area contributed by atoms with Crippen LogP contribution in [0.3, 0.4) is 0 Å². The highest BCUT2D eigenvalue weighted by molar-refractivity contribution is 14.1. The van der Waals surface area contributed by atoms with Gasteiger partial charge >= 0.3 is 19.1 Å². The molecule has 0 amide bonds. The second-order valence-corrected chi connectivity index (χ2v) is 14.0. The molecule has 1 fully saturated rings. The van der Waals surface area contributed by atoms with Crippen LogP contribution >= 0.6 is 22.6 Å². The van der Waals surface area contributed by atoms with E-state index in [0.717, 1.165) is 54.3 Å². The van der Waals surface area contributed by atoms with Crippen LogP contribution in [0.2, 0.25) is 0 Å². The number of aryl methyl sites for hydroxylation is 4. The Kier molecular flexibility index (Phi) is 16.1. The molecule has 0 aliphatic carbocycles. The second kappa shape index (κ2) is 18.8. The van der Waals surface area contributed by atoms with Gasteiger partial charge in [-0.1, -0.05) is 25.1 Å². The van der Waals surface area contributed by atoms with Crippen molar-refractivity contribution in [1.29, 1.82) is 0 Å². The molecule has 0 spiro atoms. The summed E-state index contributed by atoms with van der Waals surface area (Å²) in [5, 5.41) is 0. The number of methoxy groups -OCH3 is 4. The van der Waals surface area contributed by atoms with Gasteiger partial charge in [-0.05, 0) is 112 Å². The van der Waals surface area contributed by atoms with E-state index in [1.807, 2.05) is 79.7 Å². The minimum atomic E-state index is -0.473. The van der Waals surface area contributed by atoms with Crippen LogP contribution in [0.1, 0.15) is 89.7 Å². The average Bonchev–Trinajstić information content (AvgIpc) is 3.74. The summed E-state index contributed by atoms with van der Waals surface area (Å²) in [5.41, 5.74) is 6.88. The van der Waals surface area contributed by atoms with Gasteiger partial charge in [-0.2, -0.15) is 0 Å². The third kappa shape index (κ3) is 11.0. The highest BCUT2D eigenvalue weighted by atomic mass is 127. The Balaban J connectivity index is 0.000000282. The van der Waals surface area contributed by atoms with Crippen LogP contribution < -0.4 is 5.46 Å². The van der Waals surface area contributed by atoms with Crippen molar-refractivity contribution < 1.29 is 37.8 Å². The molecule has 2 N–H and O–H groups in total. The lowest BCUT2D eigenvalue weighted by Crippen LogP contribution is -2.41. The number of esters is 2. The maximum absolute atomic E-state index is 11.9. The summed E-state index contributed by atoms with van der Waals surface area (Å²) in [7, 11) is 5.56. The van der Waals surface area contributed by atoms with Crippen LogP contribution in [0.15, 0.2) is 36.7 Å². The van der Waals surface area contributed by atoms with E-state index < -0.39 is 18.3 Å². The number of rotatable bonds is 8. The molecule has 51 heavy (non-hydrogen) atoms. The van der Waals surface area contributed by atoms with Gasteiger partial charge in [-0.15, -0.1) is 0 Å². The summed E-state index contributed by atoms with van der Waals surface area (Å²) in [6, 6.07) is 7.59. The van der Waals surface area contributed by atoms with E-state index in [1.54, 1.807) is 26.6 Å². The zero-order valence-electron chi connectivity index (χ0n) is 31.0. The van der Waals surface area contributed by atoms with Gasteiger partial charge in [0, 0.05) is 19.8 Å². The molecule has 12 nitrogen and oxygen atoms in total. The summed E-state index contributed by atoms with van der Waals surface area (Å²) >= 11 is 2.17. The monoisotopic (exact) mass is 818 g/mol. The highest BCUT2D eigenvalue weighted by Crippen LogP contribution is 2.37. The molecule has 1 aliphatic heterocycles. The highest BCUT2D eigenvalue weighted by Gasteiger charge is 2.52. The van der Waals surface area contributed by atoms with Crippen LogP contribution in [0.25, 0.3) is 11.3 Å². The molecular weight excluding hydrogens is 766 g/mol. The SMILES string of the molecule is C.COC(=O)c1cc(B2OC(C)(C)C(C)(C)O2)c(C)cc1C.COCc1ncc(-c2cc(C(=O)OC)c(C)cc2C)[nH]1.COCc1ncc(I)[nH]1. The number of hydrogen-bond acceptors (Lipinski definition) is 10. The van der Waals surface area contributed by atoms with E-state index >= 15 is 0 Å². The molecule has 0 radical (unpaired) electrons. The number of aromatic amines is 2. The minimum Gasteiger partial charge on any atom is -0.465 e. The summed E-state index contributed by atoms with van der Waals surface area (Å²) in [6.07, 6.45) is 3.52. The lowest BCUT2D eigenvalue weighted by Gasteiger charge is -2.32. The van der Waals surface area contributed by atoms with E-state index in [4.69, 9.17) is 28.3 Å². The lowest BCUT2D eigenvalue weighted by atomic mass is 9.75. The first-order chi connectivity index (χ1) is 23.5. The molecule has 5 rings (SSSR count). The molecule has 4 aromatic rings. The smallest absolute Gasteiger partial charge is 0.465 e. The van der Waals surface area contributed by atoms with Crippen molar-refractivity contribution in [2.45, 2.75) is 87.2 Å². The van der Waals surface area contributed by atoms with Gasteiger partial charge in [0.15, 0.2) is 0 Å². The predicted octanol–water partition coefficient (Wildman–Crippen LogP) is 6.81. The fourth-order valence-corrected chi connectivity index (χ4v) is 5.60. The molecule has 0 bridgehead atoms. The van der Waals surface area contributed by atoms with Crippen molar-refractivity contribution in [2.75, 3.05) is 28.4 Å². The van der Waals surface area contributed by atoms with Gasteiger partial charge in [-0.3, -0.25) is 0 Å². The first-order valence-corrected chi connectivity index (χ1v) is 17.0. The van der Waals surface area contributed by atoms with Crippen LogP contribution in [0, 0.1) is 31.4 Å². The van der Waals surface area contributed by atoms with E-state index in [-0.39, 0.29) is 19.4 Å². The first-order valence-electron chi connectivity index (χ1n) is 15.9. The average molecular weight is 819 g/mol. The number of carbonyl (C=O) groups excluding carboxylic acids is 2. The summed E-state index contributed by atoms with van der Waals surface area (Å²) < 4.78 is 32.7. The summed E-state index contributed by atoms with van der Waals surface area (Å²) in [5.74, 6) is 0.953. The standard InChI is InChI=1S/C16H23BO4.C15H18N2O3.C5H7IN2O.CH4/c1-10-8-11(2)13(9-12(10)14(18)19-7)17-20-15(3,4)16(5,6)21-17;1-9-5-10(2)12(15(18)20-4)6-11(9)13-7-16-14(17-13)8-19-3;1-9-3-5-7-2-4(6)8-5;/h8-9H,1-7H3;5-7H,8H2,1-4H3,(H,16,17);2H,3H2,1H3,(H,7,8);1H4. The van der Waals surface area contributed by atoms with Gasteiger partial charge in [0.1, 0.15) is 24.9 Å². The Labute approximate surface area is 316 Å². The molecule has 278 valence electrons. The third-order valence-electron chi connectivity index (χ3n) is 8.58. The Morgan fingerprint density at radius 1 is 0.725 bits per heavy atom. The first kappa shape index (κ1) is 43.6. The van der Waals surface area contributed by atoms with Crippen molar-refractivity contribution in [2.24, 2.45) is 0 Å².